The van der Waals surface area contributed by atoms with E-state index >= 15 is 0 Å². The maximum atomic E-state index is 4.32. The highest BCUT2D eigenvalue weighted by Gasteiger charge is 2.02. The van der Waals surface area contributed by atoms with Gasteiger partial charge < -0.3 is 5.32 Å². The van der Waals surface area contributed by atoms with E-state index in [4.69, 9.17) is 0 Å². The molecule has 0 spiro atoms. The highest BCUT2D eigenvalue weighted by atomic mass is 15.5. The van der Waals surface area contributed by atoms with E-state index in [2.05, 4.69) is 27.5 Å². The van der Waals surface area contributed by atoms with Gasteiger partial charge in [-0.1, -0.05) is 6.92 Å². The van der Waals surface area contributed by atoms with Crippen molar-refractivity contribution in [3.8, 4) is 5.69 Å². The van der Waals surface area contributed by atoms with Crippen molar-refractivity contribution in [1.29, 1.82) is 0 Å². The van der Waals surface area contributed by atoms with Crippen molar-refractivity contribution in [1.82, 2.24) is 24.8 Å². The maximum Gasteiger partial charge on any atom is 0.0858 e. The number of hydrogen-bond donors (Lipinski definition) is 1. The fourth-order valence-corrected chi connectivity index (χ4v) is 2.18. The number of rotatable bonds is 6. The summed E-state index contributed by atoms with van der Waals surface area (Å²) in [6.45, 7) is 3.87. The first kappa shape index (κ1) is 13.4. The molecule has 0 aliphatic heterocycles. The molecule has 2 heterocycles. The highest BCUT2D eigenvalue weighted by molar-refractivity contribution is 5.48. The molecule has 0 saturated heterocycles. The topological polar surface area (TPSA) is 60.6 Å². The van der Waals surface area contributed by atoms with Gasteiger partial charge in [-0.05, 0) is 36.8 Å². The Kier molecular flexibility index (Phi) is 3.95. The third kappa shape index (κ3) is 3.10. The summed E-state index contributed by atoms with van der Waals surface area (Å²) in [7, 11) is 0. The SMILES string of the molecule is CCCn1nccc1CNc1ccc(-n2nccn2)cc1. The molecule has 0 radical (unpaired) electrons. The number of anilines is 1. The van der Waals surface area contributed by atoms with Gasteiger partial charge in [0.2, 0.25) is 0 Å². The minimum atomic E-state index is 0.763. The van der Waals surface area contributed by atoms with Crippen LogP contribution in [0.25, 0.3) is 5.69 Å². The number of hydrogen-bond acceptors (Lipinski definition) is 4. The molecule has 6 nitrogen and oxygen atoms in total. The standard InChI is InChI=1S/C15H18N6/c1-2-11-20-15(7-8-17-20)12-16-13-3-5-14(6-4-13)21-18-9-10-19-21/h3-10,16H,2,11-12H2,1H3. The van der Waals surface area contributed by atoms with Crippen LogP contribution in [0.15, 0.2) is 48.9 Å². The van der Waals surface area contributed by atoms with Gasteiger partial charge in [-0.15, -0.1) is 0 Å². The van der Waals surface area contributed by atoms with Crippen molar-refractivity contribution < 1.29 is 0 Å². The van der Waals surface area contributed by atoms with E-state index in [1.165, 1.54) is 5.69 Å². The summed E-state index contributed by atoms with van der Waals surface area (Å²) >= 11 is 0. The number of aryl methyl sites for hydroxylation is 1. The van der Waals surface area contributed by atoms with E-state index in [0.717, 1.165) is 30.9 Å². The minimum absolute atomic E-state index is 0.763. The van der Waals surface area contributed by atoms with Crippen molar-refractivity contribution >= 4 is 5.69 Å². The van der Waals surface area contributed by atoms with Crippen LogP contribution in [0.4, 0.5) is 5.69 Å². The molecular formula is C15H18N6. The fraction of sp³-hybridized carbons (Fsp3) is 0.267. The molecule has 108 valence electrons. The molecule has 6 heteroatoms. The molecular weight excluding hydrogens is 264 g/mol. The van der Waals surface area contributed by atoms with E-state index in [1.54, 1.807) is 17.2 Å². The predicted octanol–water partition coefficient (Wildman–Crippen LogP) is 2.49. The largest absolute Gasteiger partial charge is 0.379 e. The van der Waals surface area contributed by atoms with Gasteiger partial charge in [-0.25, -0.2) is 0 Å². The number of nitrogens with one attached hydrogen (secondary N) is 1. The summed E-state index contributed by atoms with van der Waals surface area (Å²) in [5.41, 5.74) is 3.20. The molecule has 0 fully saturated rings. The lowest BCUT2D eigenvalue weighted by atomic mass is 10.3. The molecule has 1 aromatic carbocycles. The number of aromatic nitrogens is 5. The lowest BCUT2D eigenvalue weighted by Crippen LogP contribution is -2.09. The second-order valence-corrected chi connectivity index (χ2v) is 4.76. The Morgan fingerprint density at radius 2 is 1.71 bits per heavy atom. The molecule has 0 atom stereocenters. The molecule has 0 aliphatic carbocycles. The summed E-state index contributed by atoms with van der Waals surface area (Å²) < 4.78 is 2.04. The molecule has 3 rings (SSSR count). The Bertz CT molecular complexity index is 669. The summed E-state index contributed by atoms with van der Waals surface area (Å²) in [5, 5.41) is 15.9. The van der Waals surface area contributed by atoms with Crippen LogP contribution in [0.1, 0.15) is 19.0 Å². The van der Waals surface area contributed by atoms with E-state index in [0.29, 0.717) is 0 Å². The first-order valence-electron chi connectivity index (χ1n) is 7.08. The Labute approximate surface area is 123 Å². The van der Waals surface area contributed by atoms with Crippen molar-refractivity contribution in [3.05, 3.63) is 54.6 Å². The average molecular weight is 282 g/mol. The number of benzene rings is 1. The molecule has 0 bridgehead atoms. The zero-order valence-corrected chi connectivity index (χ0v) is 12.0. The van der Waals surface area contributed by atoms with Crippen LogP contribution < -0.4 is 5.32 Å². The van der Waals surface area contributed by atoms with Crippen LogP contribution >= 0.6 is 0 Å². The summed E-state index contributed by atoms with van der Waals surface area (Å²) in [4.78, 5) is 1.60. The molecule has 0 unspecified atom stereocenters. The van der Waals surface area contributed by atoms with Gasteiger partial charge in [0, 0.05) is 18.4 Å². The van der Waals surface area contributed by atoms with Crippen LogP contribution in [0, 0.1) is 0 Å². The maximum absolute atomic E-state index is 4.32. The first-order chi connectivity index (χ1) is 10.4. The van der Waals surface area contributed by atoms with Gasteiger partial charge in [0.15, 0.2) is 0 Å². The van der Waals surface area contributed by atoms with Gasteiger partial charge in [0.05, 0.1) is 30.3 Å². The van der Waals surface area contributed by atoms with Gasteiger partial charge in [0.1, 0.15) is 0 Å². The molecule has 0 amide bonds. The van der Waals surface area contributed by atoms with E-state index < -0.39 is 0 Å². The van der Waals surface area contributed by atoms with Gasteiger partial charge in [0.25, 0.3) is 0 Å². The monoisotopic (exact) mass is 282 g/mol. The second-order valence-electron chi connectivity index (χ2n) is 4.76. The van der Waals surface area contributed by atoms with Crippen molar-refractivity contribution in [2.24, 2.45) is 0 Å². The van der Waals surface area contributed by atoms with Crippen molar-refractivity contribution in [2.45, 2.75) is 26.4 Å². The van der Waals surface area contributed by atoms with Crippen LogP contribution in [0.5, 0.6) is 0 Å². The quantitative estimate of drug-likeness (QED) is 0.754. The molecule has 0 saturated carbocycles. The Morgan fingerprint density at radius 3 is 2.43 bits per heavy atom. The van der Waals surface area contributed by atoms with Gasteiger partial charge >= 0.3 is 0 Å². The average Bonchev–Trinajstić information content (AvgIpc) is 3.18. The van der Waals surface area contributed by atoms with Gasteiger partial charge in [-0.2, -0.15) is 20.1 Å². The van der Waals surface area contributed by atoms with Crippen LogP contribution in [0.3, 0.4) is 0 Å². The summed E-state index contributed by atoms with van der Waals surface area (Å²) in [6.07, 6.45) is 6.27. The van der Waals surface area contributed by atoms with E-state index in [-0.39, 0.29) is 0 Å². The van der Waals surface area contributed by atoms with E-state index in [9.17, 15) is 0 Å². The molecule has 0 aliphatic rings. The predicted molar refractivity (Wildman–Crippen MR) is 81.2 cm³/mol. The van der Waals surface area contributed by atoms with E-state index in [1.807, 2.05) is 41.2 Å². The zero-order valence-electron chi connectivity index (χ0n) is 12.0. The first-order valence-corrected chi connectivity index (χ1v) is 7.08. The van der Waals surface area contributed by atoms with Crippen molar-refractivity contribution in [2.75, 3.05) is 5.32 Å². The third-order valence-electron chi connectivity index (χ3n) is 3.23. The Hall–Kier alpha value is -2.63. The van der Waals surface area contributed by atoms with Crippen molar-refractivity contribution in [3.63, 3.8) is 0 Å². The van der Waals surface area contributed by atoms with Gasteiger partial charge in [-0.3, -0.25) is 4.68 Å². The third-order valence-corrected chi connectivity index (χ3v) is 3.23. The van der Waals surface area contributed by atoms with Crippen LogP contribution in [0.2, 0.25) is 0 Å². The Balaban J connectivity index is 1.64. The van der Waals surface area contributed by atoms with Crippen LogP contribution in [-0.4, -0.2) is 24.8 Å². The molecule has 2 aromatic heterocycles. The summed E-state index contributed by atoms with van der Waals surface area (Å²) in [6, 6.07) is 10.1. The summed E-state index contributed by atoms with van der Waals surface area (Å²) in [5.74, 6) is 0. The second kappa shape index (κ2) is 6.21. The molecule has 1 N–H and O–H groups in total. The lowest BCUT2D eigenvalue weighted by molar-refractivity contribution is 0.578. The van der Waals surface area contributed by atoms with Crippen LogP contribution in [-0.2, 0) is 13.1 Å². The fourth-order valence-electron chi connectivity index (χ4n) is 2.18. The molecule has 3 aromatic rings. The smallest absolute Gasteiger partial charge is 0.0858 e. The normalized spacial score (nSPS) is 10.7. The highest BCUT2D eigenvalue weighted by Crippen LogP contribution is 2.13. The Morgan fingerprint density at radius 1 is 0.952 bits per heavy atom. The zero-order chi connectivity index (χ0) is 14.5. The molecule has 21 heavy (non-hydrogen) atoms. The minimum Gasteiger partial charge on any atom is -0.379 e. The lowest BCUT2D eigenvalue weighted by Gasteiger charge is -2.09. The number of nitrogens with zero attached hydrogens (tertiary/aromatic N) is 5.